The average molecular weight is 337 g/mol. The number of amides is 1. The summed E-state index contributed by atoms with van der Waals surface area (Å²) in [5.41, 5.74) is 9.11. The topological polar surface area (TPSA) is 89.4 Å². The lowest BCUT2D eigenvalue weighted by atomic mass is 10.0. The van der Waals surface area contributed by atoms with E-state index in [1.165, 1.54) is 0 Å². The molecule has 1 atom stereocenters. The number of carbonyl (C=O) groups excluding carboxylic acids is 1. The van der Waals surface area contributed by atoms with Crippen LogP contribution in [0.2, 0.25) is 0 Å². The summed E-state index contributed by atoms with van der Waals surface area (Å²) in [5.74, 6) is 1.25. The van der Waals surface area contributed by atoms with Crippen LogP contribution in [0.25, 0.3) is 10.9 Å². The Bertz CT molecular complexity index is 919. The van der Waals surface area contributed by atoms with Crippen molar-refractivity contribution in [1.29, 1.82) is 0 Å². The summed E-state index contributed by atoms with van der Waals surface area (Å²) in [6.45, 7) is 0.637. The van der Waals surface area contributed by atoms with Crippen molar-refractivity contribution in [1.82, 2.24) is 10.3 Å². The van der Waals surface area contributed by atoms with Gasteiger partial charge in [-0.15, -0.1) is 0 Å². The Morgan fingerprint density at radius 3 is 2.96 bits per heavy atom. The molecule has 0 saturated carbocycles. The van der Waals surface area contributed by atoms with Gasteiger partial charge >= 0.3 is 0 Å². The van der Waals surface area contributed by atoms with E-state index in [1.54, 1.807) is 0 Å². The first-order valence-electron chi connectivity index (χ1n) is 8.17. The van der Waals surface area contributed by atoms with E-state index in [0.717, 1.165) is 27.8 Å². The van der Waals surface area contributed by atoms with Gasteiger partial charge in [-0.3, -0.25) is 4.79 Å². The van der Waals surface area contributed by atoms with Gasteiger partial charge in [0.15, 0.2) is 11.5 Å². The van der Waals surface area contributed by atoms with Crippen molar-refractivity contribution in [2.75, 3.05) is 6.79 Å². The molecule has 0 aliphatic carbocycles. The summed E-state index contributed by atoms with van der Waals surface area (Å²) in [6, 6.07) is 13.0. The number of hydrogen-bond acceptors (Lipinski definition) is 4. The maximum Gasteiger partial charge on any atom is 0.237 e. The zero-order valence-corrected chi connectivity index (χ0v) is 13.6. The highest BCUT2D eigenvalue weighted by Gasteiger charge is 2.17. The molecule has 4 rings (SSSR count). The number of para-hydroxylation sites is 1. The number of aromatic amines is 1. The third-order valence-corrected chi connectivity index (χ3v) is 4.36. The van der Waals surface area contributed by atoms with E-state index < -0.39 is 6.04 Å². The quantitative estimate of drug-likeness (QED) is 0.665. The number of carbonyl (C=O) groups is 1. The largest absolute Gasteiger partial charge is 0.454 e. The molecule has 25 heavy (non-hydrogen) atoms. The van der Waals surface area contributed by atoms with E-state index in [1.807, 2.05) is 48.7 Å². The Morgan fingerprint density at radius 1 is 1.20 bits per heavy atom. The number of hydrogen-bond donors (Lipinski definition) is 3. The van der Waals surface area contributed by atoms with Crippen LogP contribution in [0.4, 0.5) is 0 Å². The number of nitrogens with two attached hydrogens (primary N) is 1. The molecule has 0 bridgehead atoms. The van der Waals surface area contributed by atoms with Gasteiger partial charge in [0.25, 0.3) is 0 Å². The molecule has 128 valence electrons. The minimum absolute atomic E-state index is 0.178. The number of aromatic nitrogens is 1. The van der Waals surface area contributed by atoms with E-state index in [0.29, 0.717) is 18.7 Å². The molecule has 4 N–H and O–H groups in total. The molecule has 3 aromatic rings. The molecule has 0 spiro atoms. The maximum absolute atomic E-state index is 12.3. The number of nitrogens with one attached hydrogen (secondary N) is 2. The fourth-order valence-electron chi connectivity index (χ4n) is 3.00. The van der Waals surface area contributed by atoms with Crippen LogP contribution >= 0.6 is 0 Å². The van der Waals surface area contributed by atoms with E-state index >= 15 is 0 Å². The van der Waals surface area contributed by atoms with Crippen molar-refractivity contribution in [3.8, 4) is 11.5 Å². The molecular weight excluding hydrogens is 318 g/mol. The predicted molar refractivity (Wildman–Crippen MR) is 94.4 cm³/mol. The normalized spacial score (nSPS) is 13.8. The summed E-state index contributed by atoms with van der Waals surface area (Å²) in [5, 5.41) is 3.98. The van der Waals surface area contributed by atoms with Crippen molar-refractivity contribution in [2.45, 2.75) is 19.0 Å². The van der Waals surface area contributed by atoms with Crippen molar-refractivity contribution in [3.05, 3.63) is 59.8 Å². The van der Waals surface area contributed by atoms with Gasteiger partial charge in [-0.25, -0.2) is 0 Å². The Labute approximate surface area is 144 Å². The lowest BCUT2D eigenvalue weighted by Crippen LogP contribution is -2.41. The highest BCUT2D eigenvalue weighted by atomic mass is 16.7. The van der Waals surface area contributed by atoms with Crippen LogP contribution in [0, 0.1) is 0 Å². The minimum Gasteiger partial charge on any atom is -0.454 e. The Balaban J connectivity index is 1.37. The third-order valence-electron chi connectivity index (χ3n) is 4.36. The fourth-order valence-corrected chi connectivity index (χ4v) is 3.00. The van der Waals surface area contributed by atoms with Gasteiger partial charge in [0.1, 0.15) is 0 Å². The van der Waals surface area contributed by atoms with Crippen molar-refractivity contribution >= 4 is 16.8 Å². The molecular formula is C19H19N3O3. The lowest BCUT2D eigenvalue weighted by Gasteiger charge is -2.12. The molecule has 0 fully saturated rings. The van der Waals surface area contributed by atoms with Gasteiger partial charge in [-0.2, -0.15) is 0 Å². The summed E-state index contributed by atoms with van der Waals surface area (Å²) < 4.78 is 10.6. The molecule has 2 heterocycles. The molecule has 2 aromatic carbocycles. The van der Waals surface area contributed by atoms with Crippen molar-refractivity contribution < 1.29 is 14.3 Å². The zero-order chi connectivity index (χ0) is 17.2. The lowest BCUT2D eigenvalue weighted by molar-refractivity contribution is -0.122. The summed E-state index contributed by atoms with van der Waals surface area (Å²) in [4.78, 5) is 15.5. The third kappa shape index (κ3) is 3.16. The number of rotatable bonds is 5. The summed E-state index contributed by atoms with van der Waals surface area (Å²) in [6.07, 6.45) is 2.40. The van der Waals surface area contributed by atoms with Gasteiger partial charge in [-0.05, 0) is 35.7 Å². The Kier molecular flexibility index (Phi) is 4.03. The van der Waals surface area contributed by atoms with Gasteiger partial charge in [0.05, 0.1) is 6.04 Å². The van der Waals surface area contributed by atoms with Crippen LogP contribution in [0.3, 0.4) is 0 Å². The number of fused-ring (bicyclic) bond motifs is 2. The van der Waals surface area contributed by atoms with E-state index in [9.17, 15) is 4.79 Å². The Hall–Kier alpha value is -2.99. The second kappa shape index (κ2) is 6.49. The zero-order valence-electron chi connectivity index (χ0n) is 13.6. The van der Waals surface area contributed by atoms with Crippen LogP contribution in [-0.2, 0) is 17.8 Å². The number of benzene rings is 2. The van der Waals surface area contributed by atoms with Crippen molar-refractivity contribution in [3.63, 3.8) is 0 Å². The monoisotopic (exact) mass is 337 g/mol. The first-order chi connectivity index (χ1) is 12.2. The van der Waals surface area contributed by atoms with Crippen molar-refractivity contribution in [2.24, 2.45) is 5.73 Å². The van der Waals surface area contributed by atoms with Crippen LogP contribution in [-0.4, -0.2) is 23.7 Å². The van der Waals surface area contributed by atoms with Crippen LogP contribution in [0.1, 0.15) is 11.1 Å². The van der Waals surface area contributed by atoms with E-state index in [-0.39, 0.29) is 12.7 Å². The first-order valence-corrected chi connectivity index (χ1v) is 8.17. The second-order valence-electron chi connectivity index (χ2n) is 6.08. The van der Waals surface area contributed by atoms with Gasteiger partial charge in [-0.1, -0.05) is 24.3 Å². The maximum atomic E-state index is 12.3. The minimum atomic E-state index is -0.604. The molecule has 1 aliphatic heterocycles. The van der Waals surface area contributed by atoms with Crippen LogP contribution in [0.5, 0.6) is 11.5 Å². The second-order valence-corrected chi connectivity index (χ2v) is 6.08. The average Bonchev–Trinajstić information content (AvgIpc) is 3.26. The molecule has 0 saturated heterocycles. The predicted octanol–water partition coefficient (Wildman–Crippen LogP) is 2.08. The summed E-state index contributed by atoms with van der Waals surface area (Å²) >= 11 is 0. The molecule has 6 nitrogen and oxygen atoms in total. The molecule has 0 radical (unpaired) electrons. The van der Waals surface area contributed by atoms with Gasteiger partial charge in [0.2, 0.25) is 12.7 Å². The number of H-pyrrole nitrogens is 1. The van der Waals surface area contributed by atoms with Gasteiger partial charge in [0, 0.05) is 23.6 Å². The highest BCUT2D eigenvalue weighted by Crippen LogP contribution is 2.32. The van der Waals surface area contributed by atoms with Gasteiger partial charge < -0.3 is 25.5 Å². The first kappa shape index (κ1) is 15.5. The molecule has 1 amide bonds. The molecule has 0 unspecified atom stereocenters. The standard InChI is InChI=1S/C19H19N3O3/c20-15(8-13-10-21-16-4-2-1-3-14(13)16)19(23)22-9-12-5-6-17-18(7-12)25-11-24-17/h1-7,10,15,21H,8-9,11,20H2,(H,22,23)/t15-/m0/s1. The number of ether oxygens (including phenoxy) is 2. The smallest absolute Gasteiger partial charge is 0.237 e. The SMILES string of the molecule is N[C@@H](Cc1c[nH]c2ccccc12)C(=O)NCc1ccc2c(c1)OCO2. The van der Waals surface area contributed by atoms with Crippen LogP contribution in [0.15, 0.2) is 48.7 Å². The summed E-state index contributed by atoms with van der Waals surface area (Å²) in [7, 11) is 0. The van der Waals surface area contributed by atoms with E-state index in [2.05, 4.69) is 10.3 Å². The molecule has 6 heteroatoms. The molecule has 1 aliphatic rings. The Morgan fingerprint density at radius 2 is 2.04 bits per heavy atom. The molecule has 1 aromatic heterocycles. The van der Waals surface area contributed by atoms with E-state index in [4.69, 9.17) is 15.2 Å². The highest BCUT2D eigenvalue weighted by molar-refractivity contribution is 5.86. The fraction of sp³-hybridized carbons (Fsp3) is 0.211. The van der Waals surface area contributed by atoms with Crippen LogP contribution < -0.4 is 20.5 Å².